The van der Waals surface area contributed by atoms with Gasteiger partial charge in [0.2, 0.25) is 5.71 Å². The topological polar surface area (TPSA) is 35.3 Å². The molecule has 1 aliphatic carbocycles. The SMILES string of the molecule is CC[C@]12CCCC[C@@H]1C(C)=[N+]([O-])O2. The minimum Gasteiger partial charge on any atom is -0.396 e. The molecule has 1 fully saturated rings. The number of fused-ring (bicyclic) bond motifs is 1. The van der Waals surface area contributed by atoms with E-state index in [1.807, 2.05) is 6.92 Å². The summed E-state index contributed by atoms with van der Waals surface area (Å²) >= 11 is 0. The Labute approximate surface area is 78.9 Å². The first-order valence-electron chi connectivity index (χ1n) is 5.19. The van der Waals surface area contributed by atoms with Crippen LogP contribution in [-0.2, 0) is 4.84 Å². The van der Waals surface area contributed by atoms with Crippen LogP contribution in [0.5, 0.6) is 0 Å². The van der Waals surface area contributed by atoms with E-state index in [1.165, 1.54) is 12.8 Å². The van der Waals surface area contributed by atoms with Crippen LogP contribution in [0, 0.1) is 11.1 Å². The highest BCUT2D eigenvalue weighted by atomic mass is 16.9. The van der Waals surface area contributed by atoms with Crippen molar-refractivity contribution in [1.29, 1.82) is 0 Å². The maximum atomic E-state index is 11.4. The normalized spacial score (nSPS) is 38.8. The van der Waals surface area contributed by atoms with Gasteiger partial charge in [-0.1, -0.05) is 19.8 Å². The van der Waals surface area contributed by atoms with Crippen LogP contribution >= 0.6 is 0 Å². The summed E-state index contributed by atoms with van der Waals surface area (Å²) in [5.74, 6) is 0.378. The van der Waals surface area contributed by atoms with Crippen LogP contribution in [-0.4, -0.2) is 16.2 Å². The summed E-state index contributed by atoms with van der Waals surface area (Å²) in [5.41, 5.74) is 0.728. The maximum Gasteiger partial charge on any atom is 0.223 e. The molecular formula is C10H17NO2. The molecule has 13 heavy (non-hydrogen) atoms. The molecule has 2 atom stereocenters. The Balaban J connectivity index is 2.27. The quantitative estimate of drug-likeness (QED) is 0.584. The van der Waals surface area contributed by atoms with Crippen LogP contribution in [0.2, 0.25) is 0 Å². The number of hydrogen-bond donors (Lipinski definition) is 0. The third-order valence-electron chi connectivity index (χ3n) is 3.63. The van der Waals surface area contributed by atoms with Crippen LogP contribution in [0.3, 0.4) is 0 Å². The molecule has 1 heterocycles. The zero-order valence-electron chi connectivity index (χ0n) is 8.38. The van der Waals surface area contributed by atoms with Crippen LogP contribution < -0.4 is 0 Å². The number of nitrogens with zero attached hydrogens (tertiary/aromatic N) is 1. The van der Waals surface area contributed by atoms with Gasteiger partial charge in [-0.05, 0) is 19.3 Å². The molecule has 2 rings (SSSR count). The van der Waals surface area contributed by atoms with Gasteiger partial charge >= 0.3 is 0 Å². The van der Waals surface area contributed by atoms with E-state index in [1.54, 1.807) is 0 Å². The van der Waals surface area contributed by atoms with Crippen molar-refractivity contribution in [1.82, 2.24) is 0 Å². The molecule has 0 radical (unpaired) electrons. The lowest BCUT2D eigenvalue weighted by molar-refractivity contribution is -0.754. The molecule has 0 aromatic carbocycles. The Bertz CT molecular complexity index is 249. The molecule has 0 spiro atoms. The van der Waals surface area contributed by atoms with Gasteiger partial charge in [-0.3, -0.25) is 5.21 Å². The molecule has 2 aliphatic rings. The fourth-order valence-corrected chi connectivity index (χ4v) is 2.76. The molecule has 1 aliphatic heterocycles. The van der Waals surface area contributed by atoms with E-state index in [4.69, 9.17) is 4.84 Å². The second-order valence-corrected chi connectivity index (χ2v) is 4.21. The summed E-state index contributed by atoms with van der Waals surface area (Å²) < 4.78 is 0. The highest BCUT2D eigenvalue weighted by Gasteiger charge is 2.49. The summed E-state index contributed by atoms with van der Waals surface area (Å²) in [6.07, 6.45) is 5.56. The summed E-state index contributed by atoms with van der Waals surface area (Å²) in [6.45, 7) is 4.02. The van der Waals surface area contributed by atoms with Crippen molar-refractivity contribution in [2.75, 3.05) is 0 Å². The minimum absolute atomic E-state index is 0.149. The Kier molecular flexibility index (Phi) is 1.97. The van der Waals surface area contributed by atoms with Gasteiger partial charge in [0.1, 0.15) is 0 Å². The lowest BCUT2D eigenvalue weighted by atomic mass is 9.72. The van der Waals surface area contributed by atoms with Gasteiger partial charge in [0.15, 0.2) is 0 Å². The molecule has 1 saturated carbocycles. The lowest BCUT2D eigenvalue weighted by Gasteiger charge is -2.37. The monoisotopic (exact) mass is 183 g/mol. The van der Waals surface area contributed by atoms with Crippen molar-refractivity contribution in [3.05, 3.63) is 5.21 Å². The van der Waals surface area contributed by atoms with Crippen molar-refractivity contribution in [2.24, 2.45) is 5.92 Å². The molecule has 3 heteroatoms. The van der Waals surface area contributed by atoms with Crippen molar-refractivity contribution < 1.29 is 9.74 Å². The predicted octanol–water partition coefficient (Wildman–Crippen LogP) is 2.24. The third-order valence-corrected chi connectivity index (χ3v) is 3.63. The minimum atomic E-state index is -0.149. The Morgan fingerprint density at radius 2 is 2.38 bits per heavy atom. The summed E-state index contributed by atoms with van der Waals surface area (Å²) in [5, 5.41) is 11.4. The molecule has 0 unspecified atom stereocenters. The molecule has 0 bridgehead atoms. The zero-order chi connectivity index (χ0) is 9.47. The van der Waals surface area contributed by atoms with E-state index in [2.05, 4.69) is 6.92 Å². The first kappa shape index (κ1) is 8.85. The zero-order valence-corrected chi connectivity index (χ0v) is 8.38. The second-order valence-electron chi connectivity index (χ2n) is 4.21. The summed E-state index contributed by atoms with van der Waals surface area (Å²) in [7, 11) is 0. The molecular weight excluding hydrogens is 166 g/mol. The van der Waals surface area contributed by atoms with Crippen LogP contribution in [0.4, 0.5) is 0 Å². The molecule has 3 nitrogen and oxygen atoms in total. The standard InChI is InChI=1S/C10H17NO2/c1-3-10-7-5-4-6-9(10)8(2)11(12)13-10/h9H,3-7H2,1-2H3/t9-,10+/m1/s1. The van der Waals surface area contributed by atoms with Gasteiger partial charge in [0.05, 0.1) is 11.5 Å². The third kappa shape index (κ3) is 1.13. The van der Waals surface area contributed by atoms with E-state index in [-0.39, 0.29) is 5.60 Å². The average Bonchev–Trinajstić information content (AvgIpc) is 2.41. The van der Waals surface area contributed by atoms with Crippen LogP contribution in [0.15, 0.2) is 0 Å². The highest BCUT2D eigenvalue weighted by Crippen LogP contribution is 2.43. The number of hydrogen-bond acceptors (Lipinski definition) is 2. The number of rotatable bonds is 1. The fraction of sp³-hybridized carbons (Fsp3) is 0.900. The molecule has 0 aromatic heterocycles. The molecule has 0 amide bonds. The van der Waals surface area contributed by atoms with E-state index in [0.29, 0.717) is 5.92 Å². The van der Waals surface area contributed by atoms with E-state index in [0.717, 1.165) is 29.9 Å². The largest absolute Gasteiger partial charge is 0.396 e. The molecule has 0 N–H and O–H groups in total. The predicted molar refractivity (Wildman–Crippen MR) is 50.4 cm³/mol. The second kappa shape index (κ2) is 2.89. The highest BCUT2D eigenvalue weighted by molar-refractivity contribution is 5.81. The molecule has 0 aromatic rings. The Morgan fingerprint density at radius 3 is 3.00 bits per heavy atom. The molecule has 0 saturated heterocycles. The lowest BCUT2D eigenvalue weighted by Crippen LogP contribution is -2.40. The van der Waals surface area contributed by atoms with Gasteiger partial charge in [0, 0.05) is 11.8 Å². The molecule has 74 valence electrons. The first-order valence-corrected chi connectivity index (χ1v) is 5.19. The van der Waals surface area contributed by atoms with Crippen LogP contribution in [0.25, 0.3) is 0 Å². The van der Waals surface area contributed by atoms with Crippen molar-refractivity contribution >= 4 is 5.71 Å². The van der Waals surface area contributed by atoms with Crippen molar-refractivity contribution in [2.45, 2.75) is 51.6 Å². The average molecular weight is 183 g/mol. The maximum absolute atomic E-state index is 11.4. The summed E-state index contributed by atoms with van der Waals surface area (Å²) in [4.78, 5) is 6.20. The van der Waals surface area contributed by atoms with E-state index < -0.39 is 0 Å². The summed E-state index contributed by atoms with van der Waals surface area (Å²) in [6, 6.07) is 0. The van der Waals surface area contributed by atoms with Crippen LogP contribution in [0.1, 0.15) is 46.0 Å². The first-order chi connectivity index (χ1) is 6.19. The van der Waals surface area contributed by atoms with Gasteiger partial charge in [-0.2, -0.15) is 0 Å². The smallest absolute Gasteiger partial charge is 0.223 e. The fourth-order valence-electron chi connectivity index (χ4n) is 2.76. The Morgan fingerprint density at radius 1 is 1.62 bits per heavy atom. The van der Waals surface area contributed by atoms with Gasteiger partial charge < -0.3 is 4.84 Å². The van der Waals surface area contributed by atoms with E-state index in [9.17, 15) is 5.21 Å². The Hall–Kier alpha value is -0.730. The van der Waals surface area contributed by atoms with Gasteiger partial charge in [-0.25, -0.2) is 0 Å². The van der Waals surface area contributed by atoms with E-state index >= 15 is 0 Å². The van der Waals surface area contributed by atoms with Crippen molar-refractivity contribution in [3.8, 4) is 0 Å². The van der Waals surface area contributed by atoms with Crippen molar-refractivity contribution in [3.63, 3.8) is 0 Å². The van der Waals surface area contributed by atoms with Gasteiger partial charge in [-0.15, -0.1) is 0 Å². The van der Waals surface area contributed by atoms with Gasteiger partial charge in [0.25, 0.3) is 0 Å².